The van der Waals surface area contributed by atoms with Crippen molar-refractivity contribution in [3.63, 3.8) is 0 Å². The molecule has 2 unspecified atom stereocenters. The highest BCUT2D eigenvalue weighted by atomic mass is 16.6. The summed E-state index contributed by atoms with van der Waals surface area (Å²) in [7, 11) is 0. The van der Waals surface area contributed by atoms with Crippen LogP contribution in [0.3, 0.4) is 0 Å². The van der Waals surface area contributed by atoms with Gasteiger partial charge in [-0.05, 0) is 36.1 Å². The first-order valence-electron chi connectivity index (χ1n) is 9.70. The summed E-state index contributed by atoms with van der Waals surface area (Å²) in [4.78, 5) is 38.6. The molecule has 7 heteroatoms. The summed E-state index contributed by atoms with van der Waals surface area (Å²) in [6, 6.07) is 16.0. The molecule has 0 spiro atoms. The van der Waals surface area contributed by atoms with Gasteiger partial charge in [0.25, 0.3) is 0 Å². The van der Waals surface area contributed by atoms with Gasteiger partial charge in [0, 0.05) is 18.7 Å². The number of carbonyl (C=O) groups is 3. The monoisotopic (exact) mass is 393 g/mol. The van der Waals surface area contributed by atoms with Crippen LogP contribution in [0.25, 0.3) is 0 Å². The van der Waals surface area contributed by atoms with Gasteiger partial charge in [0.2, 0.25) is 11.8 Å². The van der Waals surface area contributed by atoms with E-state index in [4.69, 9.17) is 4.74 Å². The molecule has 4 rings (SSSR count). The second-order valence-corrected chi connectivity index (χ2v) is 7.45. The fourth-order valence-corrected chi connectivity index (χ4v) is 3.50. The van der Waals surface area contributed by atoms with Gasteiger partial charge in [-0.1, -0.05) is 42.5 Å². The molecule has 29 heavy (non-hydrogen) atoms. The van der Waals surface area contributed by atoms with Gasteiger partial charge in [-0.3, -0.25) is 14.5 Å². The van der Waals surface area contributed by atoms with Gasteiger partial charge in [-0.2, -0.15) is 0 Å². The minimum Gasteiger partial charge on any atom is -0.438 e. The Balaban J connectivity index is 1.63. The molecule has 1 aliphatic heterocycles. The van der Waals surface area contributed by atoms with Gasteiger partial charge in [0.15, 0.2) is 12.1 Å². The lowest BCUT2D eigenvalue weighted by Gasteiger charge is -2.24. The molecule has 3 amide bonds. The van der Waals surface area contributed by atoms with Gasteiger partial charge in [-0.15, -0.1) is 0 Å². The summed E-state index contributed by atoms with van der Waals surface area (Å²) < 4.78 is 5.64. The summed E-state index contributed by atoms with van der Waals surface area (Å²) in [5, 5.41) is 5.72. The third-order valence-electron chi connectivity index (χ3n) is 5.01. The number of cyclic esters (lactones) is 1. The summed E-state index contributed by atoms with van der Waals surface area (Å²) in [6.45, 7) is 1.71. The van der Waals surface area contributed by atoms with Crippen LogP contribution < -0.4 is 10.6 Å². The Morgan fingerprint density at radius 2 is 1.86 bits per heavy atom. The van der Waals surface area contributed by atoms with E-state index in [1.54, 1.807) is 24.3 Å². The molecule has 2 N–H and O–H groups in total. The second kappa shape index (κ2) is 7.95. The predicted octanol–water partition coefficient (Wildman–Crippen LogP) is 2.99. The van der Waals surface area contributed by atoms with Gasteiger partial charge in [0.05, 0.1) is 6.54 Å². The van der Waals surface area contributed by atoms with Crippen LogP contribution in [0.1, 0.15) is 37.0 Å². The van der Waals surface area contributed by atoms with Crippen LogP contribution in [0.4, 0.5) is 10.5 Å². The van der Waals surface area contributed by atoms with E-state index in [9.17, 15) is 14.4 Å². The number of amides is 3. The van der Waals surface area contributed by atoms with Crippen LogP contribution in [0.5, 0.6) is 0 Å². The number of hydrogen-bond acceptors (Lipinski definition) is 4. The maximum atomic E-state index is 13.0. The number of benzene rings is 2. The molecule has 2 aromatic carbocycles. The Bertz CT molecular complexity index is 927. The van der Waals surface area contributed by atoms with Crippen LogP contribution in [0.2, 0.25) is 0 Å². The highest BCUT2D eigenvalue weighted by Crippen LogP contribution is 2.35. The molecule has 0 aromatic heterocycles. The lowest BCUT2D eigenvalue weighted by atomic mass is 10.00. The van der Waals surface area contributed by atoms with Crippen LogP contribution >= 0.6 is 0 Å². The fraction of sp³-hybridized carbons (Fsp3) is 0.318. The zero-order valence-corrected chi connectivity index (χ0v) is 16.1. The molecule has 2 aromatic rings. The molecule has 7 nitrogen and oxygen atoms in total. The summed E-state index contributed by atoms with van der Waals surface area (Å²) in [5.74, 6) is -0.413. The van der Waals surface area contributed by atoms with Gasteiger partial charge < -0.3 is 15.4 Å². The van der Waals surface area contributed by atoms with Crippen molar-refractivity contribution >= 4 is 23.6 Å². The Morgan fingerprint density at radius 1 is 1.10 bits per heavy atom. The van der Waals surface area contributed by atoms with Gasteiger partial charge >= 0.3 is 6.09 Å². The minimum atomic E-state index is -0.782. The molecule has 2 fully saturated rings. The van der Waals surface area contributed by atoms with Crippen LogP contribution in [0, 0.1) is 0 Å². The van der Waals surface area contributed by atoms with E-state index in [2.05, 4.69) is 10.6 Å². The molecule has 150 valence electrons. The molecule has 1 aliphatic carbocycles. The van der Waals surface area contributed by atoms with E-state index in [1.807, 2.05) is 30.3 Å². The smallest absolute Gasteiger partial charge is 0.411 e. The molecule has 1 saturated heterocycles. The highest BCUT2D eigenvalue weighted by molar-refractivity contribution is 5.90. The lowest BCUT2D eigenvalue weighted by molar-refractivity contribution is -0.126. The van der Waals surface area contributed by atoms with Crippen molar-refractivity contribution in [3.8, 4) is 0 Å². The third kappa shape index (κ3) is 4.39. The first-order valence-corrected chi connectivity index (χ1v) is 9.70. The quantitative estimate of drug-likeness (QED) is 0.790. The minimum absolute atomic E-state index is 0.170. The highest BCUT2D eigenvalue weighted by Gasteiger charge is 2.47. The van der Waals surface area contributed by atoms with Crippen molar-refractivity contribution in [1.82, 2.24) is 10.2 Å². The van der Waals surface area contributed by atoms with E-state index in [0.29, 0.717) is 11.3 Å². The number of ether oxygens (including phenoxy) is 1. The third-order valence-corrected chi connectivity index (χ3v) is 5.01. The SMILES string of the molecule is CC(=O)Nc1cccc(C2OC(=O)N(Cc3ccccc3)C2C(=O)NC2CC2)c1. The number of nitrogens with zero attached hydrogens (tertiary/aromatic N) is 1. The average molecular weight is 393 g/mol. The lowest BCUT2D eigenvalue weighted by Crippen LogP contribution is -2.46. The number of carbonyl (C=O) groups excluding carboxylic acids is 3. The largest absolute Gasteiger partial charge is 0.438 e. The molecule has 1 heterocycles. The average Bonchev–Trinajstić information content (AvgIpc) is 3.45. The number of nitrogens with one attached hydrogen (secondary N) is 2. The molecule has 2 aliphatic rings. The van der Waals surface area contributed by atoms with E-state index in [1.165, 1.54) is 11.8 Å². The number of rotatable bonds is 6. The molecular formula is C22H23N3O4. The van der Waals surface area contributed by atoms with E-state index >= 15 is 0 Å². The summed E-state index contributed by atoms with van der Waals surface area (Å²) in [6.07, 6.45) is 0.627. The van der Waals surface area contributed by atoms with Crippen molar-refractivity contribution < 1.29 is 19.1 Å². The van der Waals surface area contributed by atoms with Crippen molar-refractivity contribution in [2.75, 3.05) is 5.32 Å². The molecular weight excluding hydrogens is 370 g/mol. The predicted molar refractivity (Wildman–Crippen MR) is 107 cm³/mol. The fourth-order valence-electron chi connectivity index (χ4n) is 3.50. The molecule has 0 bridgehead atoms. The van der Waals surface area contributed by atoms with Gasteiger partial charge in [0.1, 0.15) is 0 Å². The topological polar surface area (TPSA) is 87.7 Å². The molecule has 0 radical (unpaired) electrons. The van der Waals surface area contributed by atoms with Crippen LogP contribution in [-0.4, -0.2) is 34.9 Å². The maximum Gasteiger partial charge on any atom is 0.411 e. The van der Waals surface area contributed by atoms with Crippen molar-refractivity contribution in [2.45, 2.75) is 44.5 Å². The van der Waals surface area contributed by atoms with Crippen molar-refractivity contribution in [1.29, 1.82) is 0 Å². The van der Waals surface area contributed by atoms with E-state index < -0.39 is 18.2 Å². The Morgan fingerprint density at radius 3 is 2.55 bits per heavy atom. The van der Waals surface area contributed by atoms with Crippen molar-refractivity contribution in [3.05, 3.63) is 65.7 Å². The van der Waals surface area contributed by atoms with Crippen LogP contribution in [-0.2, 0) is 20.9 Å². The normalized spacial score (nSPS) is 20.9. The Labute approximate surface area is 169 Å². The molecule has 2 atom stereocenters. The number of anilines is 1. The van der Waals surface area contributed by atoms with Crippen molar-refractivity contribution in [2.24, 2.45) is 0 Å². The molecule has 1 saturated carbocycles. The van der Waals surface area contributed by atoms with E-state index in [-0.39, 0.29) is 24.4 Å². The first-order chi connectivity index (χ1) is 14.0. The Hall–Kier alpha value is -3.35. The van der Waals surface area contributed by atoms with E-state index in [0.717, 1.165) is 18.4 Å². The summed E-state index contributed by atoms with van der Waals surface area (Å²) >= 11 is 0. The zero-order valence-electron chi connectivity index (χ0n) is 16.1. The Kier molecular flexibility index (Phi) is 5.20. The zero-order chi connectivity index (χ0) is 20.4. The standard InChI is InChI=1S/C22H23N3O4/c1-14(26)23-18-9-5-8-16(12-18)20-19(21(27)24-17-10-11-17)25(22(28)29-20)13-15-6-3-2-4-7-15/h2-9,12,17,19-20H,10-11,13H2,1H3,(H,23,26)(H,24,27). The van der Waals surface area contributed by atoms with Crippen LogP contribution in [0.15, 0.2) is 54.6 Å². The maximum absolute atomic E-state index is 13.0. The second-order valence-electron chi connectivity index (χ2n) is 7.45. The van der Waals surface area contributed by atoms with Gasteiger partial charge in [-0.25, -0.2) is 4.79 Å². The summed E-state index contributed by atoms with van der Waals surface area (Å²) in [5.41, 5.74) is 2.17. The number of hydrogen-bond donors (Lipinski definition) is 2. The first kappa shape index (κ1) is 19.0.